The first-order valence-electron chi connectivity index (χ1n) is 5.62. The van der Waals surface area contributed by atoms with Gasteiger partial charge in [-0.15, -0.1) is 0 Å². The summed E-state index contributed by atoms with van der Waals surface area (Å²) < 4.78 is 0. The van der Waals surface area contributed by atoms with Crippen LogP contribution in [-0.4, -0.2) is 22.0 Å². The summed E-state index contributed by atoms with van der Waals surface area (Å²) in [6.07, 6.45) is 1.71. The van der Waals surface area contributed by atoms with Crippen molar-refractivity contribution in [1.82, 2.24) is 15.3 Å². The molecule has 0 radical (unpaired) electrons. The second-order valence-electron chi connectivity index (χ2n) is 3.80. The second-order valence-corrected chi connectivity index (χ2v) is 3.80. The van der Waals surface area contributed by atoms with E-state index in [4.69, 9.17) is 11.5 Å². The Bertz CT molecular complexity index is 585. The molecule has 19 heavy (non-hydrogen) atoms. The molecule has 2 amide bonds. The number of imidazole rings is 1. The minimum Gasteiger partial charge on any atom is -0.370 e. The number of guanidine groups is 1. The first kappa shape index (κ1) is 12.6. The predicted molar refractivity (Wildman–Crippen MR) is 72.1 cm³/mol. The topological polar surface area (TPSA) is 122 Å². The smallest absolute Gasteiger partial charge is 0.344 e. The third-order valence-electron chi connectivity index (χ3n) is 2.35. The molecule has 0 aliphatic rings. The van der Waals surface area contributed by atoms with Crippen LogP contribution in [0, 0.1) is 0 Å². The minimum atomic E-state index is -0.599. The number of benzene rings is 1. The first-order valence-corrected chi connectivity index (χ1v) is 5.62. The van der Waals surface area contributed by atoms with Gasteiger partial charge in [-0.25, -0.2) is 9.78 Å². The van der Waals surface area contributed by atoms with Crippen molar-refractivity contribution in [3.05, 3.63) is 42.4 Å². The number of aromatic amines is 1. The largest absolute Gasteiger partial charge is 0.370 e. The zero-order chi connectivity index (χ0) is 13.7. The number of nitrogens with zero attached hydrogens (tertiary/aromatic N) is 2. The molecule has 7 heteroatoms. The van der Waals surface area contributed by atoms with E-state index in [-0.39, 0.29) is 12.5 Å². The maximum atomic E-state index is 11.2. The van der Waals surface area contributed by atoms with E-state index in [1.54, 1.807) is 6.20 Å². The number of carbonyl (C=O) groups is 1. The van der Waals surface area contributed by atoms with Gasteiger partial charge in [0.05, 0.1) is 18.4 Å². The van der Waals surface area contributed by atoms with E-state index < -0.39 is 6.03 Å². The lowest BCUT2D eigenvalue weighted by molar-refractivity contribution is 0.248. The number of aliphatic imine (C=N–C) groups is 1. The van der Waals surface area contributed by atoms with Gasteiger partial charge in [0.15, 0.2) is 5.96 Å². The third kappa shape index (κ3) is 3.56. The lowest BCUT2D eigenvalue weighted by Gasteiger charge is -1.99. The van der Waals surface area contributed by atoms with Crippen LogP contribution in [0.5, 0.6) is 0 Å². The molecule has 0 saturated heterocycles. The molecule has 0 bridgehead atoms. The molecule has 0 saturated carbocycles. The SMILES string of the molecule is NC(N)=NC(=O)NCc1ncc(-c2ccccc2)[nH]1. The van der Waals surface area contributed by atoms with Gasteiger partial charge in [-0.3, -0.25) is 0 Å². The highest BCUT2D eigenvalue weighted by Gasteiger charge is 2.04. The minimum absolute atomic E-state index is 0.225. The van der Waals surface area contributed by atoms with Crippen LogP contribution < -0.4 is 16.8 Å². The molecule has 1 aromatic carbocycles. The third-order valence-corrected chi connectivity index (χ3v) is 2.35. The van der Waals surface area contributed by atoms with E-state index in [9.17, 15) is 4.79 Å². The number of nitrogens with two attached hydrogens (primary N) is 2. The van der Waals surface area contributed by atoms with Crippen LogP contribution >= 0.6 is 0 Å². The van der Waals surface area contributed by atoms with Crippen LogP contribution in [0.25, 0.3) is 11.3 Å². The van der Waals surface area contributed by atoms with Gasteiger partial charge in [-0.1, -0.05) is 30.3 Å². The van der Waals surface area contributed by atoms with Crippen molar-refractivity contribution in [1.29, 1.82) is 0 Å². The predicted octanol–water partition coefficient (Wildman–Crippen LogP) is 0.560. The summed E-state index contributed by atoms with van der Waals surface area (Å²) in [5.74, 6) is 0.347. The zero-order valence-corrected chi connectivity index (χ0v) is 10.1. The summed E-state index contributed by atoms with van der Waals surface area (Å²) in [6, 6.07) is 9.16. The highest BCUT2D eigenvalue weighted by Crippen LogP contribution is 2.15. The number of hydrogen-bond acceptors (Lipinski definition) is 2. The van der Waals surface area contributed by atoms with E-state index in [1.165, 1.54) is 0 Å². The van der Waals surface area contributed by atoms with Crippen LogP contribution in [0.15, 0.2) is 41.5 Å². The average molecular weight is 258 g/mol. The van der Waals surface area contributed by atoms with Gasteiger partial charge < -0.3 is 21.8 Å². The van der Waals surface area contributed by atoms with Gasteiger partial charge in [0.2, 0.25) is 0 Å². The molecule has 98 valence electrons. The molecule has 0 spiro atoms. The molecule has 0 fully saturated rings. The Balaban J connectivity index is 1.99. The Morgan fingerprint density at radius 3 is 2.74 bits per heavy atom. The Morgan fingerprint density at radius 2 is 2.05 bits per heavy atom. The van der Waals surface area contributed by atoms with Gasteiger partial charge >= 0.3 is 6.03 Å². The molecule has 0 aliphatic carbocycles. The molecule has 6 N–H and O–H groups in total. The van der Waals surface area contributed by atoms with Crippen LogP contribution in [-0.2, 0) is 6.54 Å². The van der Waals surface area contributed by atoms with Crippen molar-refractivity contribution in [2.45, 2.75) is 6.54 Å². The molecule has 1 heterocycles. The lowest BCUT2D eigenvalue weighted by Crippen LogP contribution is -2.28. The molecule has 0 atom stereocenters. The number of hydrogen-bond donors (Lipinski definition) is 4. The zero-order valence-electron chi connectivity index (χ0n) is 10.1. The summed E-state index contributed by atoms with van der Waals surface area (Å²) in [6.45, 7) is 0.225. The summed E-state index contributed by atoms with van der Waals surface area (Å²) in [7, 11) is 0. The summed E-state index contributed by atoms with van der Waals surface area (Å²) >= 11 is 0. The molecule has 2 aromatic rings. The summed E-state index contributed by atoms with van der Waals surface area (Å²) in [5, 5.41) is 2.51. The molecule has 7 nitrogen and oxygen atoms in total. The van der Waals surface area contributed by atoms with Crippen molar-refractivity contribution in [3.63, 3.8) is 0 Å². The van der Waals surface area contributed by atoms with Crippen molar-refractivity contribution < 1.29 is 4.79 Å². The van der Waals surface area contributed by atoms with Crippen molar-refractivity contribution in [2.75, 3.05) is 0 Å². The second kappa shape index (κ2) is 5.67. The Kier molecular flexibility index (Phi) is 3.77. The molecule has 2 rings (SSSR count). The van der Waals surface area contributed by atoms with Gasteiger partial charge in [-0.05, 0) is 5.56 Å². The molecular formula is C12H14N6O. The van der Waals surface area contributed by atoms with Gasteiger partial charge in [0.25, 0.3) is 0 Å². The van der Waals surface area contributed by atoms with Crippen LogP contribution in [0.1, 0.15) is 5.82 Å². The van der Waals surface area contributed by atoms with Crippen molar-refractivity contribution in [3.8, 4) is 11.3 Å². The maximum absolute atomic E-state index is 11.2. The summed E-state index contributed by atoms with van der Waals surface area (Å²) in [5.41, 5.74) is 12.1. The Morgan fingerprint density at radius 1 is 1.32 bits per heavy atom. The van der Waals surface area contributed by atoms with Gasteiger partial charge in [0.1, 0.15) is 5.82 Å². The normalized spacial score (nSPS) is 9.89. The number of rotatable bonds is 3. The van der Waals surface area contributed by atoms with E-state index in [0.29, 0.717) is 5.82 Å². The summed E-state index contributed by atoms with van der Waals surface area (Å²) in [4.78, 5) is 21.8. The number of amides is 2. The first-order chi connectivity index (χ1) is 9.15. The highest BCUT2D eigenvalue weighted by atomic mass is 16.2. The quantitative estimate of drug-likeness (QED) is 0.474. The molecular weight excluding hydrogens is 244 g/mol. The standard InChI is InChI=1S/C12H14N6O/c13-11(14)18-12(19)16-7-10-15-6-9(17-10)8-4-2-1-3-5-8/h1-6H,7H2,(H,15,17)(H5,13,14,16,18,19). The monoisotopic (exact) mass is 258 g/mol. The highest BCUT2D eigenvalue weighted by molar-refractivity contribution is 5.90. The van der Waals surface area contributed by atoms with Gasteiger partial charge in [-0.2, -0.15) is 4.99 Å². The van der Waals surface area contributed by atoms with E-state index >= 15 is 0 Å². The van der Waals surface area contributed by atoms with Crippen LogP contribution in [0.4, 0.5) is 4.79 Å². The average Bonchev–Trinajstić information content (AvgIpc) is 2.85. The lowest BCUT2D eigenvalue weighted by atomic mass is 10.2. The Hall–Kier alpha value is -2.83. The number of H-pyrrole nitrogens is 1. The number of carbonyl (C=O) groups excluding carboxylic acids is 1. The van der Waals surface area contributed by atoms with Crippen LogP contribution in [0.2, 0.25) is 0 Å². The Labute approximate surface area is 109 Å². The fourth-order valence-corrected chi connectivity index (χ4v) is 1.53. The van der Waals surface area contributed by atoms with E-state index in [1.807, 2.05) is 30.3 Å². The molecule has 1 aromatic heterocycles. The fourth-order valence-electron chi connectivity index (χ4n) is 1.53. The van der Waals surface area contributed by atoms with E-state index in [2.05, 4.69) is 20.3 Å². The van der Waals surface area contributed by atoms with E-state index in [0.717, 1.165) is 11.3 Å². The van der Waals surface area contributed by atoms with Crippen molar-refractivity contribution >= 4 is 12.0 Å². The van der Waals surface area contributed by atoms with Gasteiger partial charge in [0, 0.05) is 0 Å². The molecule has 0 aliphatic heterocycles. The fraction of sp³-hybridized carbons (Fsp3) is 0.0833. The van der Waals surface area contributed by atoms with Crippen LogP contribution in [0.3, 0.4) is 0 Å². The van der Waals surface area contributed by atoms with Crippen molar-refractivity contribution in [2.24, 2.45) is 16.5 Å². The maximum Gasteiger partial charge on any atom is 0.344 e. The molecule has 0 unspecified atom stereocenters. The number of nitrogens with one attached hydrogen (secondary N) is 2. The number of aromatic nitrogens is 2. The number of urea groups is 1.